The van der Waals surface area contributed by atoms with E-state index in [1.54, 1.807) is 25.2 Å². The summed E-state index contributed by atoms with van der Waals surface area (Å²) in [5.74, 6) is -0.836. The van der Waals surface area contributed by atoms with Gasteiger partial charge in [-0.3, -0.25) is 18.7 Å². The minimum Gasteiger partial charge on any atom is -0.481 e. The summed E-state index contributed by atoms with van der Waals surface area (Å²) in [6, 6.07) is 9.14. The molecule has 4 rings (SSSR count). The van der Waals surface area contributed by atoms with Crippen molar-refractivity contribution in [3.63, 3.8) is 0 Å². The van der Waals surface area contributed by atoms with Crippen LogP contribution in [0.4, 0.5) is 11.4 Å². The highest BCUT2D eigenvalue weighted by molar-refractivity contribution is 7.86. The Morgan fingerprint density at radius 1 is 0.769 bits per heavy atom. The number of fused-ring (bicyclic) bond motifs is 2. The van der Waals surface area contributed by atoms with Crippen LogP contribution in [0.1, 0.15) is 90.2 Å². The van der Waals surface area contributed by atoms with Crippen molar-refractivity contribution < 1.29 is 40.6 Å². The Labute approximate surface area is 307 Å². The molecule has 0 bridgehead atoms. The molecule has 0 saturated heterocycles. The zero-order valence-electron chi connectivity index (χ0n) is 30.5. The Hall–Kier alpha value is -3.98. The van der Waals surface area contributed by atoms with Crippen LogP contribution in [0.3, 0.4) is 0 Å². The second-order valence-corrected chi connectivity index (χ2v) is 17.3. The molecule has 1 unspecified atom stereocenters. The van der Waals surface area contributed by atoms with Crippen molar-refractivity contribution >= 4 is 43.5 Å². The van der Waals surface area contributed by atoms with Gasteiger partial charge in [0.05, 0.1) is 15.8 Å². The Balaban J connectivity index is 1.61. The maximum atomic E-state index is 12.0. The molecular formula is C38H51N3O9S2. The van der Waals surface area contributed by atoms with Crippen LogP contribution in [0.5, 0.6) is 0 Å². The standard InChI is InChI=1S/C38H51N3O9S2/c1-37(2)29-25-27(51(45,46)47)19-21-31(29)40(23-13-7-11-17-35(42)39-5)33(37)15-9-6-10-16-34-38(3,4)30-26-28(52(48,49)50)20-22-32(30)41(34)24-14-8-12-18-36(43)44/h6,9-10,15-16,19-22,25-26,33H,7-8,11-14,17-18,23-24H2,1-5H3,(H,39,42)(H,43,44)(H,45,46,47)(H,48,49,50)/b10-6+,15-9+,34-16+. The predicted octanol–water partition coefficient (Wildman–Crippen LogP) is 6.39. The Kier molecular flexibility index (Phi) is 12.8. The first-order chi connectivity index (χ1) is 24.3. The van der Waals surface area contributed by atoms with Gasteiger partial charge in [-0.25, -0.2) is 0 Å². The maximum absolute atomic E-state index is 12.0. The summed E-state index contributed by atoms with van der Waals surface area (Å²) in [7, 11) is -7.19. The quantitative estimate of drug-likeness (QED) is 0.0797. The number of hydrogen-bond donors (Lipinski definition) is 4. The molecule has 0 aliphatic carbocycles. The summed E-state index contributed by atoms with van der Waals surface area (Å²) in [6.45, 7) is 9.33. The first-order valence-electron chi connectivity index (χ1n) is 17.6. The van der Waals surface area contributed by atoms with E-state index in [-0.39, 0.29) is 28.2 Å². The first kappa shape index (κ1) is 40.8. The highest BCUT2D eigenvalue weighted by atomic mass is 32.2. The van der Waals surface area contributed by atoms with E-state index in [1.807, 2.05) is 52.0 Å². The summed E-state index contributed by atoms with van der Waals surface area (Å²) >= 11 is 0. The molecule has 284 valence electrons. The zero-order chi connectivity index (χ0) is 38.5. The molecule has 14 heteroatoms. The lowest BCUT2D eigenvalue weighted by atomic mass is 9.80. The van der Waals surface area contributed by atoms with Crippen molar-refractivity contribution in [1.82, 2.24) is 5.32 Å². The number of carboxylic acid groups (broad SMARTS) is 1. The number of benzene rings is 2. The van der Waals surface area contributed by atoms with Crippen molar-refractivity contribution in [3.8, 4) is 0 Å². The first-order valence-corrected chi connectivity index (χ1v) is 20.4. The summed E-state index contributed by atoms with van der Waals surface area (Å²) < 4.78 is 67.5. The molecule has 2 aromatic rings. The van der Waals surface area contributed by atoms with Gasteiger partial charge in [0, 0.05) is 60.9 Å². The molecule has 52 heavy (non-hydrogen) atoms. The van der Waals surface area contributed by atoms with Gasteiger partial charge in [0.25, 0.3) is 20.2 Å². The van der Waals surface area contributed by atoms with E-state index in [0.717, 1.165) is 53.9 Å². The molecule has 2 heterocycles. The van der Waals surface area contributed by atoms with Gasteiger partial charge in [0.1, 0.15) is 0 Å². The molecule has 4 N–H and O–H groups in total. The lowest BCUT2D eigenvalue weighted by molar-refractivity contribution is -0.137. The average Bonchev–Trinajstić information content (AvgIpc) is 3.40. The number of allylic oxidation sites excluding steroid dienone is 5. The second-order valence-electron chi connectivity index (χ2n) is 14.5. The van der Waals surface area contributed by atoms with Gasteiger partial charge in [-0.1, -0.05) is 64.8 Å². The fourth-order valence-electron chi connectivity index (χ4n) is 7.27. The van der Waals surface area contributed by atoms with Crippen molar-refractivity contribution in [1.29, 1.82) is 0 Å². The smallest absolute Gasteiger partial charge is 0.303 e. The van der Waals surface area contributed by atoms with Crippen molar-refractivity contribution in [2.75, 3.05) is 29.9 Å². The Morgan fingerprint density at radius 3 is 1.94 bits per heavy atom. The van der Waals surface area contributed by atoms with Gasteiger partial charge >= 0.3 is 5.97 Å². The molecule has 0 spiro atoms. The van der Waals surface area contributed by atoms with Gasteiger partial charge in [-0.15, -0.1) is 0 Å². The minimum atomic E-state index is -4.41. The van der Waals surface area contributed by atoms with Crippen LogP contribution in [-0.4, -0.2) is 69.1 Å². The topological polar surface area (TPSA) is 182 Å². The third-order valence-electron chi connectivity index (χ3n) is 10.1. The van der Waals surface area contributed by atoms with E-state index in [1.165, 1.54) is 18.2 Å². The molecule has 0 fully saturated rings. The van der Waals surface area contributed by atoms with Gasteiger partial charge in [0.2, 0.25) is 5.91 Å². The fourth-order valence-corrected chi connectivity index (χ4v) is 8.29. The number of unbranched alkanes of at least 4 members (excludes halogenated alkanes) is 4. The van der Waals surface area contributed by atoms with Gasteiger partial charge in [-0.2, -0.15) is 16.8 Å². The molecule has 2 aliphatic rings. The summed E-state index contributed by atoms with van der Waals surface area (Å²) in [5, 5.41) is 11.7. The van der Waals surface area contributed by atoms with Crippen molar-refractivity contribution in [3.05, 3.63) is 83.6 Å². The highest BCUT2D eigenvalue weighted by Gasteiger charge is 2.44. The molecule has 0 radical (unpaired) electrons. The third-order valence-corrected chi connectivity index (χ3v) is 11.8. The van der Waals surface area contributed by atoms with Crippen LogP contribution in [0.25, 0.3) is 0 Å². The Bertz CT molecular complexity index is 1970. The number of rotatable bonds is 17. The third kappa shape index (κ3) is 9.32. The predicted molar refractivity (Wildman–Crippen MR) is 202 cm³/mol. The molecular weight excluding hydrogens is 707 g/mol. The number of carboxylic acids is 1. The summed E-state index contributed by atoms with van der Waals surface area (Å²) in [6.07, 6.45) is 14.8. The number of anilines is 2. The van der Waals surface area contributed by atoms with Crippen LogP contribution in [-0.2, 0) is 40.7 Å². The van der Waals surface area contributed by atoms with E-state index < -0.39 is 37.0 Å². The van der Waals surface area contributed by atoms with Gasteiger partial charge < -0.3 is 20.2 Å². The second kappa shape index (κ2) is 16.4. The zero-order valence-corrected chi connectivity index (χ0v) is 32.1. The maximum Gasteiger partial charge on any atom is 0.303 e. The molecule has 1 amide bonds. The molecule has 0 saturated carbocycles. The largest absolute Gasteiger partial charge is 0.481 e. The van der Waals surface area contributed by atoms with E-state index >= 15 is 0 Å². The van der Waals surface area contributed by atoms with E-state index in [9.17, 15) is 35.5 Å². The fraction of sp³-hybridized carbons (Fsp3) is 0.474. The summed E-state index contributed by atoms with van der Waals surface area (Å²) in [4.78, 5) is 26.7. The van der Waals surface area contributed by atoms with Gasteiger partial charge in [0.15, 0.2) is 0 Å². The van der Waals surface area contributed by atoms with E-state index in [4.69, 9.17) is 5.11 Å². The van der Waals surface area contributed by atoms with E-state index in [2.05, 4.69) is 21.2 Å². The number of carbonyl (C=O) groups is 2. The number of aliphatic carboxylic acids is 1. The molecule has 1 atom stereocenters. The lowest BCUT2D eigenvalue weighted by Gasteiger charge is -2.32. The van der Waals surface area contributed by atoms with Crippen LogP contribution in [0.2, 0.25) is 0 Å². The van der Waals surface area contributed by atoms with Crippen molar-refractivity contribution in [2.45, 2.75) is 106 Å². The van der Waals surface area contributed by atoms with Crippen LogP contribution < -0.4 is 15.1 Å². The molecule has 12 nitrogen and oxygen atoms in total. The van der Waals surface area contributed by atoms with Gasteiger partial charge in [-0.05, 0) is 79.3 Å². The van der Waals surface area contributed by atoms with Crippen molar-refractivity contribution in [2.24, 2.45) is 0 Å². The van der Waals surface area contributed by atoms with Crippen LogP contribution in [0.15, 0.2) is 82.3 Å². The SMILES string of the molecule is CNC(=O)CCCCCN1c2ccc(S(=O)(=O)O)cc2C(C)(C)C1/C=C/C=C/C=C1/N(CCCCCC(=O)O)c2ccc(S(=O)(=O)O)cc2C1(C)C. The monoisotopic (exact) mass is 757 g/mol. The van der Waals surface area contributed by atoms with E-state index in [0.29, 0.717) is 32.4 Å². The number of nitrogens with zero attached hydrogens (tertiary/aromatic N) is 2. The lowest BCUT2D eigenvalue weighted by Crippen LogP contribution is -2.40. The average molecular weight is 758 g/mol. The van der Waals surface area contributed by atoms with Crippen LogP contribution in [0, 0.1) is 0 Å². The Morgan fingerprint density at radius 2 is 1.35 bits per heavy atom. The highest BCUT2D eigenvalue weighted by Crippen LogP contribution is 2.49. The molecule has 2 aliphatic heterocycles. The minimum absolute atomic E-state index is 0.000421. The molecule has 2 aromatic carbocycles. The summed E-state index contributed by atoms with van der Waals surface area (Å²) in [5.41, 5.74) is 3.07. The normalized spacial score (nSPS) is 18.8. The number of carbonyl (C=O) groups excluding carboxylic acids is 1. The van der Waals surface area contributed by atoms with Crippen LogP contribution >= 0.6 is 0 Å². The number of amides is 1. The molecule has 0 aromatic heterocycles. The number of nitrogens with one attached hydrogen (secondary N) is 1. The number of hydrogen-bond acceptors (Lipinski definition) is 8.